The second-order valence-electron chi connectivity index (χ2n) is 4.90. The van der Waals surface area contributed by atoms with Crippen molar-refractivity contribution in [2.24, 2.45) is 5.73 Å². The molecule has 0 saturated carbocycles. The number of primary amides is 1. The van der Waals surface area contributed by atoms with E-state index in [1.54, 1.807) is 17.8 Å². The number of hydrogen-bond acceptors (Lipinski definition) is 7. The molecule has 120 valence electrons. The number of nitrogens with two attached hydrogens (primary N) is 1. The number of fused-ring (bicyclic) bond motifs is 1. The highest BCUT2D eigenvalue weighted by atomic mass is 32.1. The minimum atomic E-state index is -0.583. The number of aromatic nitrogens is 7. The second kappa shape index (κ2) is 5.45. The van der Waals surface area contributed by atoms with Crippen LogP contribution < -0.4 is 5.73 Å². The van der Waals surface area contributed by atoms with E-state index in [-0.39, 0.29) is 12.1 Å². The first-order chi connectivity index (χ1) is 11.6. The molecule has 0 spiro atoms. The van der Waals surface area contributed by atoms with Gasteiger partial charge >= 0.3 is 0 Å². The van der Waals surface area contributed by atoms with Gasteiger partial charge in [0.15, 0.2) is 17.5 Å². The number of halogens is 1. The van der Waals surface area contributed by atoms with E-state index in [1.165, 1.54) is 22.1 Å². The maximum atomic E-state index is 14.2. The maximum Gasteiger partial charge on any atom is 0.239 e. The average Bonchev–Trinajstić information content (AvgIpc) is 3.26. The summed E-state index contributed by atoms with van der Waals surface area (Å²) < 4.78 is 15.5. The largest absolute Gasteiger partial charge is 0.368 e. The van der Waals surface area contributed by atoms with E-state index in [0.29, 0.717) is 22.7 Å². The zero-order chi connectivity index (χ0) is 16.7. The number of amides is 1. The van der Waals surface area contributed by atoms with Gasteiger partial charge in [-0.05, 0) is 12.1 Å². The van der Waals surface area contributed by atoms with E-state index >= 15 is 0 Å². The van der Waals surface area contributed by atoms with Crippen LogP contribution in [-0.2, 0) is 11.3 Å². The molecule has 24 heavy (non-hydrogen) atoms. The SMILES string of the molecule is NC(=O)Cn1nc(-c2cncs2)nc1-c1cc(F)c2n[nH]nc2c1. The van der Waals surface area contributed by atoms with Crippen LogP contribution in [0.5, 0.6) is 0 Å². The fourth-order valence-corrected chi connectivity index (χ4v) is 2.83. The van der Waals surface area contributed by atoms with E-state index in [1.807, 2.05) is 0 Å². The van der Waals surface area contributed by atoms with Crippen molar-refractivity contribution < 1.29 is 9.18 Å². The molecule has 9 nitrogen and oxygen atoms in total. The van der Waals surface area contributed by atoms with Crippen LogP contribution in [0.2, 0.25) is 0 Å². The highest BCUT2D eigenvalue weighted by Gasteiger charge is 2.18. The van der Waals surface area contributed by atoms with Crippen molar-refractivity contribution in [2.75, 3.05) is 0 Å². The first kappa shape index (κ1) is 14.4. The number of nitrogens with one attached hydrogen (secondary N) is 1. The minimum Gasteiger partial charge on any atom is -0.368 e. The van der Waals surface area contributed by atoms with E-state index in [0.717, 1.165) is 4.88 Å². The monoisotopic (exact) mass is 344 g/mol. The third-order valence-electron chi connectivity index (χ3n) is 3.26. The number of aromatic amines is 1. The van der Waals surface area contributed by atoms with Gasteiger partial charge in [0.25, 0.3) is 0 Å². The summed E-state index contributed by atoms with van der Waals surface area (Å²) in [5.41, 5.74) is 7.80. The lowest BCUT2D eigenvalue weighted by molar-refractivity contribution is -0.118. The lowest BCUT2D eigenvalue weighted by atomic mass is 10.2. The molecule has 0 aliphatic heterocycles. The van der Waals surface area contributed by atoms with Crippen LogP contribution in [0.1, 0.15) is 0 Å². The summed E-state index contributed by atoms with van der Waals surface area (Å²) >= 11 is 1.35. The van der Waals surface area contributed by atoms with Crippen LogP contribution in [-0.4, -0.2) is 41.1 Å². The molecule has 4 rings (SSSR count). The Morgan fingerprint density at radius 3 is 3.00 bits per heavy atom. The summed E-state index contributed by atoms with van der Waals surface area (Å²) in [7, 11) is 0. The molecule has 3 aromatic heterocycles. The summed E-state index contributed by atoms with van der Waals surface area (Å²) in [5, 5.41) is 14.3. The summed E-state index contributed by atoms with van der Waals surface area (Å²) in [6.07, 6.45) is 1.61. The molecule has 0 atom stereocenters. The van der Waals surface area contributed by atoms with E-state index in [9.17, 15) is 9.18 Å². The Bertz CT molecular complexity index is 1040. The molecule has 0 bridgehead atoms. The van der Waals surface area contributed by atoms with Crippen LogP contribution >= 0.6 is 11.3 Å². The number of rotatable bonds is 4. The van der Waals surface area contributed by atoms with Crippen molar-refractivity contribution in [1.82, 2.24) is 35.2 Å². The number of carbonyl (C=O) groups excluding carboxylic acids is 1. The summed E-state index contributed by atoms with van der Waals surface area (Å²) in [5.74, 6) is -0.445. The molecule has 0 aliphatic carbocycles. The predicted octanol–water partition coefficient (Wildman–Crippen LogP) is 0.964. The Balaban J connectivity index is 1.89. The Labute approximate surface area is 137 Å². The van der Waals surface area contributed by atoms with Crippen molar-refractivity contribution in [3.63, 3.8) is 0 Å². The summed E-state index contributed by atoms with van der Waals surface area (Å²) in [6, 6.07) is 2.88. The maximum absolute atomic E-state index is 14.2. The average molecular weight is 344 g/mol. The molecule has 1 aromatic carbocycles. The van der Waals surface area contributed by atoms with Crippen molar-refractivity contribution in [3.8, 4) is 22.1 Å². The molecule has 0 aliphatic rings. The number of thiazole rings is 1. The first-order valence-corrected chi connectivity index (χ1v) is 7.62. The Morgan fingerprint density at radius 1 is 1.38 bits per heavy atom. The number of nitrogens with zero attached hydrogens (tertiary/aromatic N) is 6. The molecule has 0 radical (unpaired) electrons. The van der Waals surface area contributed by atoms with Crippen molar-refractivity contribution in [1.29, 1.82) is 0 Å². The standard InChI is InChI=1S/C13H9FN8OS/c14-7-1-6(2-8-11(7)19-21-18-8)13-17-12(9-3-16-5-24-9)20-22(13)4-10(15)23/h1-3,5H,4H2,(H2,15,23)(H,18,19,21). The van der Waals surface area contributed by atoms with Gasteiger partial charge in [0, 0.05) is 11.8 Å². The van der Waals surface area contributed by atoms with E-state index in [2.05, 4.69) is 30.5 Å². The second-order valence-corrected chi connectivity index (χ2v) is 5.78. The smallest absolute Gasteiger partial charge is 0.239 e. The fraction of sp³-hybridized carbons (Fsp3) is 0.0769. The van der Waals surface area contributed by atoms with Gasteiger partial charge in [-0.2, -0.15) is 15.4 Å². The number of carbonyl (C=O) groups is 1. The van der Waals surface area contributed by atoms with Crippen LogP contribution in [0.4, 0.5) is 4.39 Å². The Kier molecular flexibility index (Phi) is 3.27. The summed E-state index contributed by atoms with van der Waals surface area (Å²) in [6.45, 7) is -0.181. The normalized spacial score (nSPS) is 11.2. The first-order valence-electron chi connectivity index (χ1n) is 6.74. The molecule has 3 heterocycles. The van der Waals surface area contributed by atoms with Crippen LogP contribution in [0.15, 0.2) is 23.8 Å². The van der Waals surface area contributed by atoms with Crippen molar-refractivity contribution in [2.45, 2.75) is 6.54 Å². The molecule has 0 unspecified atom stereocenters. The lowest BCUT2D eigenvalue weighted by Gasteiger charge is -2.03. The van der Waals surface area contributed by atoms with Crippen LogP contribution in [0.3, 0.4) is 0 Å². The molecule has 11 heteroatoms. The third-order valence-corrected chi connectivity index (χ3v) is 4.03. The Morgan fingerprint density at radius 2 is 2.25 bits per heavy atom. The number of H-pyrrole nitrogens is 1. The molecular weight excluding hydrogens is 335 g/mol. The van der Waals surface area contributed by atoms with Gasteiger partial charge in [-0.25, -0.2) is 14.1 Å². The van der Waals surface area contributed by atoms with Gasteiger partial charge in [-0.3, -0.25) is 9.78 Å². The zero-order valence-electron chi connectivity index (χ0n) is 12.0. The van der Waals surface area contributed by atoms with Gasteiger partial charge in [0.1, 0.15) is 17.6 Å². The molecule has 1 amide bonds. The predicted molar refractivity (Wildman–Crippen MR) is 83.2 cm³/mol. The number of benzene rings is 1. The molecular formula is C13H9FN8OS. The van der Waals surface area contributed by atoms with Gasteiger partial charge < -0.3 is 5.73 Å². The van der Waals surface area contributed by atoms with Crippen molar-refractivity contribution >= 4 is 28.3 Å². The van der Waals surface area contributed by atoms with Crippen LogP contribution in [0.25, 0.3) is 33.1 Å². The fourth-order valence-electron chi connectivity index (χ4n) is 2.28. The highest BCUT2D eigenvalue weighted by Crippen LogP contribution is 2.27. The molecule has 0 fully saturated rings. The highest BCUT2D eigenvalue weighted by molar-refractivity contribution is 7.13. The van der Waals surface area contributed by atoms with E-state index in [4.69, 9.17) is 5.73 Å². The molecule has 0 saturated heterocycles. The molecule has 4 aromatic rings. The topological polar surface area (TPSA) is 128 Å². The minimum absolute atomic E-state index is 0.127. The number of hydrogen-bond donors (Lipinski definition) is 2. The summed E-state index contributed by atoms with van der Waals surface area (Å²) in [4.78, 5) is 20.4. The van der Waals surface area contributed by atoms with E-state index < -0.39 is 11.7 Å². The zero-order valence-corrected chi connectivity index (χ0v) is 12.8. The van der Waals surface area contributed by atoms with Gasteiger partial charge in [0.2, 0.25) is 5.91 Å². The lowest BCUT2D eigenvalue weighted by Crippen LogP contribution is -2.20. The Hall–Kier alpha value is -3.21. The quantitative estimate of drug-likeness (QED) is 0.567. The van der Waals surface area contributed by atoms with Gasteiger partial charge in [-0.15, -0.1) is 16.4 Å². The van der Waals surface area contributed by atoms with Crippen molar-refractivity contribution in [3.05, 3.63) is 29.7 Å². The van der Waals surface area contributed by atoms with Crippen LogP contribution in [0, 0.1) is 5.82 Å². The third kappa shape index (κ3) is 2.40. The van der Waals surface area contributed by atoms with Gasteiger partial charge in [0.05, 0.1) is 10.4 Å². The molecule has 3 N–H and O–H groups in total. The van der Waals surface area contributed by atoms with Gasteiger partial charge in [-0.1, -0.05) is 0 Å².